The molecule has 0 atom stereocenters. The standard InChI is InChI=1S/C10H15N3O2S/c11-7-5-9(6-7)13-8-1-3-10(4-2-8)16(12,14)15/h1-4,7,9,13H,5-6,11H2,(H2,12,14,15). The van der Waals surface area contributed by atoms with Crippen LogP contribution in [-0.2, 0) is 10.0 Å². The quantitative estimate of drug-likeness (QED) is 0.705. The van der Waals surface area contributed by atoms with Gasteiger partial charge in [0.25, 0.3) is 0 Å². The van der Waals surface area contributed by atoms with Crippen LogP contribution in [0.3, 0.4) is 0 Å². The minimum atomic E-state index is -3.60. The van der Waals surface area contributed by atoms with E-state index in [1.54, 1.807) is 12.1 Å². The van der Waals surface area contributed by atoms with E-state index in [9.17, 15) is 8.42 Å². The number of hydrogen-bond acceptors (Lipinski definition) is 4. The number of primary sulfonamides is 1. The zero-order valence-corrected chi connectivity index (χ0v) is 9.57. The fourth-order valence-electron chi connectivity index (χ4n) is 1.76. The molecule has 16 heavy (non-hydrogen) atoms. The van der Waals surface area contributed by atoms with Gasteiger partial charge in [0.15, 0.2) is 0 Å². The lowest BCUT2D eigenvalue weighted by Crippen LogP contribution is -2.44. The average molecular weight is 241 g/mol. The van der Waals surface area contributed by atoms with Gasteiger partial charge in [-0.15, -0.1) is 0 Å². The van der Waals surface area contributed by atoms with Gasteiger partial charge in [-0.05, 0) is 37.1 Å². The van der Waals surface area contributed by atoms with Crippen molar-refractivity contribution in [2.45, 2.75) is 29.8 Å². The maximum atomic E-state index is 11.0. The van der Waals surface area contributed by atoms with Gasteiger partial charge in [0, 0.05) is 17.8 Å². The Morgan fingerprint density at radius 2 is 1.75 bits per heavy atom. The van der Waals surface area contributed by atoms with Crippen molar-refractivity contribution in [3.63, 3.8) is 0 Å². The number of nitrogens with one attached hydrogen (secondary N) is 1. The smallest absolute Gasteiger partial charge is 0.238 e. The van der Waals surface area contributed by atoms with Gasteiger partial charge >= 0.3 is 0 Å². The zero-order valence-electron chi connectivity index (χ0n) is 8.76. The van der Waals surface area contributed by atoms with Crippen molar-refractivity contribution in [3.8, 4) is 0 Å². The highest BCUT2D eigenvalue weighted by molar-refractivity contribution is 7.89. The van der Waals surface area contributed by atoms with Crippen LogP contribution < -0.4 is 16.2 Å². The largest absolute Gasteiger partial charge is 0.382 e. The van der Waals surface area contributed by atoms with E-state index in [2.05, 4.69) is 5.32 Å². The van der Waals surface area contributed by atoms with Crippen molar-refractivity contribution in [3.05, 3.63) is 24.3 Å². The summed E-state index contributed by atoms with van der Waals surface area (Å²) in [7, 11) is -3.60. The molecule has 0 aliphatic heterocycles. The van der Waals surface area contributed by atoms with Crippen LogP contribution in [0.2, 0.25) is 0 Å². The molecule has 0 unspecified atom stereocenters. The van der Waals surface area contributed by atoms with Gasteiger partial charge in [0.05, 0.1) is 4.90 Å². The van der Waals surface area contributed by atoms with E-state index >= 15 is 0 Å². The number of rotatable bonds is 3. The topological polar surface area (TPSA) is 98.2 Å². The van der Waals surface area contributed by atoms with E-state index < -0.39 is 10.0 Å². The molecule has 0 saturated heterocycles. The highest BCUT2D eigenvalue weighted by Crippen LogP contribution is 2.23. The van der Waals surface area contributed by atoms with Crippen molar-refractivity contribution >= 4 is 15.7 Å². The van der Waals surface area contributed by atoms with E-state index in [-0.39, 0.29) is 4.90 Å². The van der Waals surface area contributed by atoms with E-state index in [0.29, 0.717) is 12.1 Å². The van der Waals surface area contributed by atoms with Crippen LogP contribution >= 0.6 is 0 Å². The molecule has 0 amide bonds. The predicted molar refractivity (Wildman–Crippen MR) is 62.4 cm³/mol. The number of sulfonamides is 1. The second kappa shape index (κ2) is 4.04. The first-order valence-corrected chi connectivity index (χ1v) is 6.65. The van der Waals surface area contributed by atoms with Crippen LogP contribution in [0.4, 0.5) is 5.69 Å². The Hall–Kier alpha value is -1.11. The Morgan fingerprint density at radius 3 is 2.19 bits per heavy atom. The molecule has 0 heterocycles. The first-order chi connectivity index (χ1) is 7.45. The number of anilines is 1. The van der Waals surface area contributed by atoms with Gasteiger partial charge in [-0.3, -0.25) is 0 Å². The fourth-order valence-corrected chi connectivity index (χ4v) is 2.27. The normalized spacial score (nSPS) is 24.9. The average Bonchev–Trinajstić information content (AvgIpc) is 2.15. The molecule has 0 aromatic heterocycles. The SMILES string of the molecule is NC1CC(Nc2ccc(S(N)(=O)=O)cc2)C1. The molecule has 5 nitrogen and oxygen atoms in total. The Labute approximate surface area is 94.9 Å². The molecule has 1 saturated carbocycles. The second-order valence-electron chi connectivity index (χ2n) is 4.14. The Balaban J connectivity index is 2.03. The Morgan fingerprint density at radius 1 is 1.19 bits per heavy atom. The lowest BCUT2D eigenvalue weighted by atomic mass is 9.87. The molecule has 88 valence electrons. The van der Waals surface area contributed by atoms with Crippen LogP contribution in [-0.4, -0.2) is 20.5 Å². The van der Waals surface area contributed by atoms with Gasteiger partial charge < -0.3 is 11.1 Å². The van der Waals surface area contributed by atoms with E-state index in [4.69, 9.17) is 10.9 Å². The van der Waals surface area contributed by atoms with Gasteiger partial charge in [0.2, 0.25) is 10.0 Å². The molecule has 0 radical (unpaired) electrons. The molecule has 0 spiro atoms. The summed E-state index contributed by atoms with van der Waals surface area (Å²) in [6, 6.07) is 7.11. The monoisotopic (exact) mass is 241 g/mol. The summed E-state index contributed by atoms with van der Waals surface area (Å²) in [5, 5.41) is 8.27. The minimum Gasteiger partial charge on any atom is -0.382 e. The van der Waals surface area contributed by atoms with Crippen LogP contribution in [0.1, 0.15) is 12.8 Å². The first-order valence-electron chi connectivity index (χ1n) is 5.10. The molecular formula is C10H15N3O2S. The summed E-state index contributed by atoms with van der Waals surface area (Å²) in [5.41, 5.74) is 6.56. The summed E-state index contributed by atoms with van der Waals surface area (Å²) < 4.78 is 22.0. The molecule has 1 aliphatic rings. The minimum absolute atomic E-state index is 0.128. The highest BCUT2D eigenvalue weighted by Gasteiger charge is 2.25. The summed E-state index contributed by atoms with van der Waals surface area (Å²) in [5.74, 6) is 0. The van der Waals surface area contributed by atoms with E-state index in [1.165, 1.54) is 12.1 Å². The lowest BCUT2D eigenvalue weighted by Gasteiger charge is -2.33. The fraction of sp³-hybridized carbons (Fsp3) is 0.400. The van der Waals surface area contributed by atoms with Crippen molar-refractivity contribution in [2.75, 3.05) is 5.32 Å². The Bertz CT molecular complexity index is 463. The highest BCUT2D eigenvalue weighted by atomic mass is 32.2. The van der Waals surface area contributed by atoms with Crippen molar-refractivity contribution in [1.82, 2.24) is 0 Å². The zero-order chi connectivity index (χ0) is 11.8. The molecule has 1 fully saturated rings. The third-order valence-corrected chi connectivity index (χ3v) is 3.66. The van der Waals surface area contributed by atoms with E-state index in [1.807, 2.05) is 0 Å². The van der Waals surface area contributed by atoms with Crippen LogP contribution in [0, 0.1) is 0 Å². The molecule has 0 bridgehead atoms. The second-order valence-corrected chi connectivity index (χ2v) is 5.70. The van der Waals surface area contributed by atoms with Crippen LogP contribution in [0.15, 0.2) is 29.2 Å². The van der Waals surface area contributed by atoms with Gasteiger partial charge in [-0.2, -0.15) is 0 Å². The first kappa shape index (κ1) is 11.4. The summed E-state index contributed by atoms with van der Waals surface area (Å²) in [4.78, 5) is 0.128. The number of hydrogen-bond donors (Lipinski definition) is 3. The molecule has 1 aromatic carbocycles. The van der Waals surface area contributed by atoms with Gasteiger partial charge in [-0.25, -0.2) is 13.6 Å². The maximum absolute atomic E-state index is 11.0. The summed E-state index contributed by atoms with van der Waals surface area (Å²) in [6.45, 7) is 0. The molecular weight excluding hydrogens is 226 g/mol. The molecule has 1 aromatic rings. The molecule has 1 aliphatic carbocycles. The molecule has 2 rings (SSSR count). The maximum Gasteiger partial charge on any atom is 0.238 e. The molecule has 6 heteroatoms. The van der Waals surface area contributed by atoms with Crippen molar-refractivity contribution < 1.29 is 8.42 Å². The lowest BCUT2D eigenvalue weighted by molar-refractivity contribution is 0.373. The van der Waals surface area contributed by atoms with Gasteiger partial charge in [-0.1, -0.05) is 0 Å². The third kappa shape index (κ3) is 2.52. The van der Waals surface area contributed by atoms with Crippen molar-refractivity contribution in [1.29, 1.82) is 0 Å². The number of benzene rings is 1. The molecule has 5 N–H and O–H groups in total. The van der Waals surface area contributed by atoms with Gasteiger partial charge in [0.1, 0.15) is 0 Å². The third-order valence-electron chi connectivity index (χ3n) is 2.73. The summed E-state index contributed by atoms with van der Waals surface area (Å²) >= 11 is 0. The van der Waals surface area contributed by atoms with E-state index in [0.717, 1.165) is 18.5 Å². The predicted octanol–water partition coefficient (Wildman–Crippen LogP) is 0.236. The van der Waals surface area contributed by atoms with Crippen LogP contribution in [0.5, 0.6) is 0 Å². The van der Waals surface area contributed by atoms with Crippen molar-refractivity contribution in [2.24, 2.45) is 10.9 Å². The number of nitrogens with two attached hydrogens (primary N) is 2. The van der Waals surface area contributed by atoms with Crippen LogP contribution in [0.25, 0.3) is 0 Å². The Kier molecular flexibility index (Phi) is 2.88. The summed E-state index contributed by atoms with van der Waals surface area (Å²) in [6.07, 6.45) is 1.91.